The number of piperidine rings is 1. The molecule has 0 radical (unpaired) electrons. The molecule has 3 rings (SSSR count). The third-order valence-corrected chi connectivity index (χ3v) is 6.69. The molecule has 1 atom stereocenters. The molecule has 0 unspecified atom stereocenters. The second-order valence-electron chi connectivity index (χ2n) is 7.51. The van der Waals surface area contributed by atoms with Gasteiger partial charge in [-0.25, -0.2) is 8.42 Å². The van der Waals surface area contributed by atoms with E-state index in [9.17, 15) is 13.2 Å². The highest BCUT2D eigenvalue weighted by Crippen LogP contribution is 2.22. The quantitative estimate of drug-likeness (QED) is 0.758. The molecular formula is C19H28N4O4S. The van der Waals surface area contributed by atoms with Gasteiger partial charge in [0.1, 0.15) is 0 Å². The summed E-state index contributed by atoms with van der Waals surface area (Å²) in [4.78, 5) is 12.4. The van der Waals surface area contributed by atoms with Crippen molar-refractivity contribution < 1.29 is 17.6 Å². The summed E-state index contributed by atoms with van der Waals surface area (Å²) in [7, 11) is -3.67. The van der Waals surface area contributed by atoms with Crippen LogP contribution < -0.4 is 5.32 Å². The number of hydrogen-bond acceptors (Lipinski definition) is 5. The fourth-order valence-corrected chi connectivity index (χ4v) is 4.82. The second-order valence-corrected chi connectivity index (χ2v) is 9.38. The van der Waals surface area contributed by atoms with E-state index in [4.69, 9.17) is 4.42 Å². The summed E-state index contributed by atoms with van der Waals surface area (Å²) in [5.74, 6) is -0.248. The van der Waals surface area contributed by atoms with E-state index in [1.54, 1.807) is 0 Å². The summed E-state index contributed by atoms with van der Waals surface area (Å²) in [6, 6.07) is 4.79. The number of hydrogen-bond donors (Lipinski definition) is 1. The van der Waals surface area contributed by atoms with Crippen LogP contribution in [0.4, 0.5) is 0 Å². The minimum atomic E-state index is -3.67. The molecule has 0 saturated carbocycles. The zero-order valence-electron chi connectivity index (χ0n) is 16.6. The van der Waals surface area contributed by atoms with Gasteiger partial charge in [-0.2, -0.15) is 9.40 Å². The Kier molecular flexibility index (Phi) is 6.24. The van der Waals surface area contributed by atoms with Gasteiger partial charge < -0.3 is 9.73 Å². The van der Waals surface area contributed by atoms with E-state index in [2.05, 4.69) is 10.4 Å². The minimum Gasteiger partial charge on any atom is -0.438 e. The van der Waals surface area contributed by atoms with Crippen molar-refractivity contribution in [2.75, 3.05) is 19.6 Å². The molecule has 1 saturated heterocycles. The van der Waals surface area contributed by atoms with Gasteiger partial charge in [-0.15, -0.1) is 0 Å². The van der Waals surface area contributed by atoms with Crippen LogP contribution in [0, 0.1) is 19.8 Å². The topological polar surface area (TPSA) is 97.4 Å². The van der Waals surface area contributed by atoms with Crippen molar-refractivity contribution in [1.82, 2.24) is 19.4 Å². The van der Waals surface area contributed by atoms with Crippen molar-refractivity contribution in [3.05, 3.63) is 35.3 Å². The highest BCUT2D eigenvalue weighted by molar-refractivity contribution is 7.89. The fraction of sp³-hybridized carbons (Fsp3) is 0.579. The lowest BCUT2D eigenvalue weighted by Gasteiger charge is -2.24. The second kappa shape index (κ2) is 8.48. The van der Waals surface area contributed by atoms with E-state index in [1.165, 1.54) is 16.4 Å². The lowest BCUT2D eigenvalue weighted by molar-refractivity contribution is 0.0913. The van der Waals surface area contributed by atoms with E-state index < -0.39 is 15.9 Å². The number of furan rings is 1. The highest BCUT2D eigenvalue weighted by Gasteiger charge is 2.29. The number of sulfonamides is 1. The van der Waals surface area contributed by atoms with Crippen molar-refractivity contribution >= 4 is 15.9 Å². The van der Waals surface area contributed by atoms with Gasteiger partial charge in [0.2, 0.25) is 5.09 Å². The smallest absolute Gasteiger partial charge is 0.287 e. The van der Waals surface area contributed by atoms with Crippen molar-refractivity contribution in [2.24, 2.45) is 5.92 Å². The van der Waals surface area contributed by atoms with Crippen LogP contribution in [-0.2, 0) is 16.6 Å². The number of nitrogens with one attached hydrogen (secondary N) is 1. The van der Waals surface area contributed by atoms with Gasteiger partial charge in [0.15, 0.2) is 5.76 Å². The number of nitrogens with zero attached hydrogens (tertiary/aromatic N) is 3. The minimum absolute atomic E-state index is 0.00824. The Balaban J connectivity index is 1.57. The maximum atomic E-state index is 12.6. The number of carbonyl (C=O) groups is 1. The van der Waals surface area contributed by atoms with Gasteiger partial charge in [0.05, 0.1) is 5.69 Å². The van der Waals surface area contributed by atoms with Crippen LogP contribution in [0.2, 0.25) is 0 Å². The molecule has 28 heavy (non-hydrogen) atoms. The normalized spacial score (nSPS) is 16.8. The number of aromatic nitrogens is 2. The molecule has 0 aromatic carbocycles. The summed E-state index contributed by atoms with van der Waals surface area (Å²) in [5, 5.41) is 7.06. The predicted molar refractivity (Wildman–Crippen MR) is 105 cm³/mol. The van der Waals surface area contributed by atoms with E-state index in [1.807, 2.05) is 31.5 Å². The number of rotatable bonds is 7. The van der Waals surface area contributed by atoms with Crippen molar-refractivity contribution in [3.63, 3.8) is 0 Å². The maximum absolute atomic E-state index is 12.6. The number of amides is 1. The molecule has 1 amide bonds. The van der Waals surface area contributed by atoms with Gasteiger partial charge >= 0.3 is 0 Å². The molecule has 1 fully saturated rings. The lowest BCUT2D eigenvalue weighted by Crippen LogP contribution is -2.35. The lowest BCUT2D eigenvalue weighted by atomic mass is 10.2. The monoisotopic (exact) mass is 408 g/mol. The summed E-state index contributed by atoms with van der Waals surface area (Å²) in [6.45, 7) is 8.08. The summed E-state index contributed by atoms with van der Waals surface area (Å²) in [5.41, 5.74) is 2.04. The van der Waals surface area contributed by atoms with E-state index in [-0.39, 0.29) is 16.8 Å². The van der Waals surface area contributed by atoms with E-state index in [0.717, 1.165) is 30.7 Å². The molecule has 3 heterocycles. The molecule has 0 bridgehead atoms. The molecule has 8 nitrogen and oxygen atoms in total. The molecule has 154 valence electrons. The van der Waals surface area contributed by atoms with Crippen LogP contribution in [0.3, 0.4) is 0 Å². The SMILES string of the molecule is Cc1cc(C)n(C[C@H](C)CNC(=O)c2ccc(S(=O)(=O)N3CCCCC3)o2)n1. The molecule has 0 spiro atoms. The van der Waals surface area contributed by atoms with Gasteiger partial charge in [0, 0.05) is 31.9 Å². The third kappa shape index (κ3) is 4.64. The summed E-state index contributed by atoms with van der Waals surface area (Å²) >= 11 is 0. The molecular weight excluding hydrogens is 380 g/mol. The van der Waals surface area contributed by atoms with Crippen LogP contribution in [0.1, 0.15) is 48.1 Å². The van der Waals surface area contributed by atoms with Crippen LogP contribution in [0.15, 0.2) is 27.7 Å². The summed E-state index contributed by atoms with van der Waals surface area (Å²) < 4.78 is 34.0. The van der Waals surface area contributed by atoms with E-state index in [0.29, 0.717) is 26.2 Å². The largest absolute Gasteiger partial charge is 0.438 e. The number of aryl methyl sites for hydroxylation is 2. The molecule has 2 aromatic heterocycles. The van der Waals surface area contributed by atoms with Crippen LogP contribution in [0.5, 0.6) is 0 Å². The molecule has 1 aliphatic heterocycles. The van der Waals surface area contributed by atoms with Gasteiger partial charge in [-0.1, -0.05) is 13.3 Å². The first kappa shape index (κ1) is 20.6. The fourth-order valence-electron chi connectivity index (χ4n) is 3.39. The zero-order chi connectivity index (χ0) is 20.3. The first-order valence-electron chi connectivity index (χ1n) is 9.66. The Morgan fingerprint density at radius 1 is 1.25 bits per heavy atom. The third-order valence-electron chi connectivity index (χ3n) is 4.91. The van der Waals surface area contributed by atoms with Crippen molar-refractivity contribution in [2.45, 2.75) is 51.7 Å². The van der Waals surface area contributed by atoms with Gasteiger partial charge in [0.25, 0.3) is 15.9 Å². The van der Waals surface area contributed by atoms with Gasteiger partial charge in [-0.3, -0.25) is 9.48 Å². The Hall–Kier alpha value is -2.13. The van der Waals surface area contributed by atoms with Gasteiger partial charge in [-0.05, 0) is 50.8 Å². The van der Waals surface area contributed by atoms with Crippen molar-refractivity contribution in [1.29, 1.82) is 0 Å². The molecule has 1 N–H and O–H groups in total. The Morgan fingerprint density at radius 2 is 1.96 bits per heavy atom. The Bertz CT molecular complexity index is 926. The maximum Gasteiger partial charge on any atom is 0.287 e. The van der Waals surface area contributed by atoms with Crippen LogP contribution in [0.25, 0.3) is 0 Å². The van der Waals surface area contributed by atoms with Crippen molar-refractivity contribution in [3.8, 4) is 0 Å². The standard InChI is InChI=1S/C19H28N4O4S/c1-14(13-23-16(3)11-15(2)21-23)12-20-19(24)17-7-8-18(27-17)28(25,26)22-9-5-4-6-10-22/h7-8,11,14H,4-6,9-10,12-13H2,1-3H3,(H,20,24)/t14-/m1/s1. The van der Waals surface area contributed by atoms with Crippen LogP contribution >= 0.6 is 0 Å². The molecule has 1 aliphatic rings. The average Bonchev–Trinajstić information content (AvgIpc) is 3.28. The number of carbonyl (C=O) groups excluding carboxylic acids is 1. The predicted octanol–water partition coefficient (Wildman–Crippen LogP) is 2.33. The Morgan fingerprint density at radius 3 is 2.61 bits per heavy atom. The molecule has 9 heteroatoms. The first-order chi connectivity index (χ1) is 13.3. The summed E-state index contributed by atoms with van der Waals surface area (Å²) in [6.07, 6.45) is 2.73. The molecule has 2 aromatic rings. The van der Waals surface area contributed by atoms with Crippen LogP contribution in [-0.4, -0.2) is 48.0 Å². The zero-order valence-corrected chi connectivity index (χ0v) is 17.5. The average molecular weight is 409 g/mol. The first-order valence-corrected chi connectivity index (χ1v) is 11.1. The highest BCUT2D eigenvalue weighted by atomic mass is 32.2. The Labute approximate surface area is 165 Å². The molecule has 0 aliphatic carbocycles. The van der Waals surface area contributed by atoms with E-state index >= 15 is 0 Å².